The maximum Gasteiger partial charge on any atom is 0.181 e. The zero-order valence-electron chi connectivity index (χ0n) is 13.5. The molecule has 1 aromatic heterocycles. The van der Waals surface area contributed by atoms with Gasteiger partial charge in [-0.05, 0) is 6.42 Å². The predicted octanol–water partition coefficient (Wildman–Crippen LogP) is 3.06. The van der Waals surface area contributed by atoms with Crippen molar-refractivity contribution in [2.75, 3.05) is 6.26 Å². The largest absolute Gasteiger partial charge is 0.748 e. The van der Waals surface area contributed by atoms with Gasteiger partial charge < -0.3 is 4.55 Å². The fraction of sp³-hybridized carbons (Fsp3) is 0.688. The van der Waals surface area contributed by atoms with Gasteiger partial charge in [0.1, 0.15) is 6.54 Å². The number of unbranched alkanes of at least 4 members (excludes halogenated alkanes) is 5. The topological polar surface area (TPSA) is 61.1 Å². The molecule has 0 bridgehead atoms. The Balaban J connectivity index is 0.000000690. The van der Waals surface area contributed by atoms with Gasteiger partial charge in [0.15, 0.2) is 11.9 Å². The Labute approximate surface area is 130 Å². The molecule has 0 atom stereocenters. The molecule has 0 spiro atoms. The monoisotopic (exact) mass is 315 g/mol. The van der Waals surface area contributed by atoms with Gasteiger partial charge in [-0.1, -0.05) is 45.6 Å². The molecule has 21 heavy (non-hydrogen) atoms. The Hall–Kier alpha value is -0.940. The molecule has 0 unspecified atom stereocenters. The quantitative estimate of drug-likeness (QED) is 0.421. The lowest BCUT2D eigenvalue weighted by Crippen LogP contribution is -2.37. The summed E-state index contributed by atoms with van der Waals surface area (Å²) in [4.78, 5) is 0. The van der Waals surface area contributed by atoms with E-state index in [4.69, 9.17) is 13.0 Å². The van der Waals surface area contributed by atoms with Gasteiger partial charge in [-0.25, -0.2) is 13.0 Å². The summed E-state index contributed by atoms with van der Waals surface area (Å²) < 4.78 is 29.6. The van der Waals surface area contributed by atoms with Crippen LogP contribution in [0.1, 0.15) is 58.1 Å². The molecule has 0 saturated heterocycles. The van der Waals surface area contributed by atoms with Crippen molar-refractivity contribution >= 4 is 10.1 Å². The summed E-state index contributed by atoms with van der Waals surface area (Å²) in [5.74, 6) is 0. The van der Waals surface area contributed by atoms with Crippen LogP contribution in [0.15, 0.2) is 24.4 Å². The highest BCUT2D eigenvalue weighted by Gasteiger charge is 2.05. The van der Waals surface area contributed by atoms with Crippen molar-refractivity contribution in [1.29, 1.82) is 0 Å². The van der Waals surface area contributed by atoms with Crippen molar-refractivity contribution in [3.8, 4) is 0 Å². The molecular formula is C16H29NO3S. The Morgan fingerprint density at radius 1 is 1.05 bits per heavy atom. The second-order valence-electron chi connectivity index (χ2n) is 5.21. The van der Waals surface area contributed by atoms with E-state index in [2.05, 4.69) is 42.8 Å². The zero-order valence-corrected chi connectivity index (χ0v) is 14.4. The lowest BCUT2D eigenvalue weighted by atomic mass is 10.1. The van der Waals surface area contributed by atoms with Crippen LogP contribution in [-0.2, 0) is 23.1 Å². The molecule has 0 N–H and O–H groups in total. The molecular weight excluding hydrogens is 286 g/mol. The first kappa shape index (κ1) is 20.1. The van der Waals surface area contributed by atoms with Crippen molar-refractivity contribution in [3.05, 3.63) is 30.1 Å². The first-order chi connectivity index (χ1) is 9.88. The van der Waals surface area contributed by atoms with E-state index < -0.39 is 10.1 Å². The number of aromatic nitrogens is 1. The minimum absolute atomic E-state index is 0.604. The van der Waals surface area contributed by atoms with Crippen LogP contribution in [0.2, 0.25) is 0 Å². The predicted molar refractivity (Wildman–Crippen MR) is 85.0 cm³/mol. The van der Waals surface area contributed by atoms with E-state index in [0.29, 0.717) is 6.26 Å². The number of hydrogen-bond donors (Lipinski definition) is 0. The second-order valence-corrected chi connectivity index (χ2v) is 6.62. The van der Waals surface area contributed by atoms with Crippen LogP contribution in [-0.4, -0.2) is 19.2 Å². The van der Waals surface area contributed by atoms with Crippen LogP contribution in [0.4, 0.5) is 0 Å². The smallest absolute Gasteiger partial charge is 0.181 e. The highest BCUT2D eigenvalue weighted by Crippen LogP contribution is 2.05. The summed E-state index contributed by atoms with van der Waals surface area (Å²) in [5.41, 5.74) is 1.45. The molecule has 0 radical (unpaired) electrons. The molecule has 5 heteroatoms. The number of hydrogen-bond acceptors (Lipinski definition) is 3. The van der Waals surface area contributed by atoms with E-state index >= 15 is 0 Å². The number of aryl methyl sites for hydroxylation is 2. The van der Waals surface area contributed by atoms with Crippen molar-refractivity contribution in [2.24, 2.45) is 0 Å². The summed E-state index contributed by atoms with van der Waals surface area (Å²) in [6.45, 7) is 5.69. The summed E-state index contributed by atoms with van der Waals surface area (Å²) in [6, 6.07) is 6.50. The summed E-state index contributed by atoms with van der Waals surface area (Å²) in [7, 11) is -3.92. The average molecular weight is 315 g/mol. The molecule has 1 heterocycles. The highest BCUT2D eigenvalue weighted by molar-refractivity contribution is 7.84. The van der Waals surface area contributed by atoms with Crippen molar-refractivity contribution in [1.82, 2.24) is 0 Å². The first-order valence-electron chi connectivity index (χ1n) is 7.76. The van der Waals surface area contributed by atoms with Gasteiger partial charge in [0.05, 0.1) is 10.1 Å². The van der Waals surface area contributed by atoms with E-state index in [1.807, 2.05) is 0 Å². The lowest BCUT2D eigenvalue weighted by molar-refractivity contribution is -0.704. The van der Waals surface area contributed by atoms with Gasteiger partial charge in [-0.3, -0.25) is 0 Å². The summed E-state index contributed by atoms with van der Waals surface area (Å²) >= 11 is 0. The van der Waals surface area contributed by atoms with Gasteiger partial charge in [-0.15, -0.1) is 0 Å². The number of rotatable bonds is 8. The molecule has 0 aliphatic rings. The minimum atomic E-state index is -3.92. The fourth-order valence-corrected chi connectivity index (χ4v) is 2.11. The van der Waals surface area contributed by atoms with Crippen LogP contribution in [0.5, 0.6) is 0 Å². The van der Waals surface area contributed by atoms with E-state index in [1.165, 1.54) is 50.8 Å². The van der Waals surface area contributed by atoms with E-state index in [1.54, 1.807) is 0 Å². The van der Waals surface area contributed by atoms with Crippen molar-refractivity contribution in [2.45, 2.75) is 65.3 Å². The SMILES string of the molecule is CCCCCCCC[n+]1ccccc1CC.CS(=O)(=O)[O-]. The first-order valence-corrected chi connectivity index (χ1v) is 9.58. The Kier molecular flexibility index (Phi) is 11.2. The van der Waals surface area contributed by atoms with Gasteiger partial charge in [0, 0.05) is 31.2 Å². The standard InChI is InChI=1S/C15H26N.CH4O3S/c1-3-5-6-7-8-10-13-16-14-11-9-12-15(16)4-2;1-5(2,3)4/h9,11-12,14H,3-8,10,13H2,1-2H3;1H3,(H,2,3,4)/q+1;/p-1. The molecule has 4 nitrogen and oxygen atoms in total. The molecule has 0 aliphatic heterocycles. The van der Waals surface area contributed by atoms with Crippen LogP contribution in [0, 0.1) is 0 Å². The molecule has 0 aromatic carbocycles. The third-order valence-corrected chi connectivity index (χ3v) is 3.15. The van der Waals surface area contributed by atoms with Crippen molar-refractivity contribution < 1.29 is 17.5 Å². The van der Waals surface area contributed by atoms with Crippen LogP contribution in [0.3, 0.4) is 0 Å². The third kappa shape index (κ3) is 13.8. The van der Waals surface area contributed by atoms with E-state index in [0.717, 1.165) is 6.42 Å². The lowest BCUT2D eigenvalue weighted by Gasteiger charge is -2.02. The maximum absolute atomic E-state index is 9.08. The normalized spacial score (nSPS) is 10.9. The molecule has 0 amide bonds. The van der Waals surface area contributed by atoms with Gasteiger partial charge in [0.2, 0.25) is 0 Å². The van der Waals surface area contributed by atoms with Gasteiger partial charge >= 0.3 is 0 Å². The highest BCUT2D eigenvalue weighted by atomic mass is 32.2. The Bertz CT molecular complexity index is 464. The Morgan fingerprint density at radius 3 is 2.19 bits per heavy atom. The average Bonchev–Trinajstić information content (AvgIpc) is 2.41. The van der Waals surface area contributed by atoms with E-state index in [9.17, 15) is 0 Å². The molecule has 122 valence electrons. The number of pyridine rings is 1. The summed E-state index contributed by atoms with van der Waals surface area (Å²) in [5, 5.41) is 0. The van der Waals surface area contributed by atoms with Crippen molar-refractivity contribution in [3.63, 3.8) is 0 Å². The number of nitrogens with zero attached hydrogens (tertiary/aromatic N) is 1. The van der Waals surface area contributed by atoms with Gasteiger partial charge in [0.25, 0.3) is 0 Å². The molecule has 0 aliphatic carbocycles. The van der Waals surface area contributed by atoms with Crippen LogP contribution >= 0.6 is 0 Å². The fourth-order valence-electron chi connectivity index (χ4n) is 2.11. The van der Waals surface area contributed by atoms with Crippen LogP contribution < -0.4 is 4.57 Å². The molecule has 0 fully saturated rings. The molecule has 1 aromatic rings. The summed E-state index contributed by atoms with van der Waals surface area (Å²) in [6.07, 6.45) is 12.2. The Morgan fingerprint density at radius 2 is 1.62 bits per heavy atom. The third-order valence-electron chi connectivity index (χ3n) is 3.15. The molecule has 0 saturated carbocycles. The zero-order chi connectivity index (χ0) is 16.1. The van der Waals surface area contributed by atoms with E-state index in [-0.39, 0.29) is 0 Å². The maximum atomic E-state index is 9.08. The minimum Gasteiger partial charge on any atom is -0.748 e. The van der Waals surface area contributed by atoms with Crippen LogP contribution in [0.25, 0.3) is 0 Å². The van der Waals surface area contributed by atoms with Gasteiger partial charge in [-0.2, -0.15) is 0 Å². The molecule has 1 rings (SSSR count). The second kappa shape index (κ2) is 11.7.